The van der Waals surface area contributed by atoms with E-state index in [9.17, 15) is 4.79 Å². The minimum absolute atomic E-state index is 0.113. The molecule has 22 heavy (non-hydrogen) atoms. The Kier molecular flexibility index (Phi) is 4.46. The second kappa shape index (κ2) is 6.20. The van der Waals surface area contributed by atoms with E-state index in [4.69, 9.17) is 4.74 Å². The van der Waals surface area contributed by atoms with Gasteiger partial charge in [0, 0.05) is 24.5 Å². The molecular formula is C17H26N2O2S. The van der Waals surface area contributed by atoms with Gasteiger partial charge >= 0.3 is 6.09 Å². The van der Waals surface area contributed by atoms with E-state index in [1.165, 1.54) is 35.3 Å². The molecule has 1 amide bonds. The van der Waals surface area contributed by atoms with Crippen molar-refractivity contribution in [3.05, 3.63) is 21.4 Å². The molecule has 1 aromatic rings. The van der Waals surface area contributed by atoms with E-state index in [0.29, 0.717) is 6.54 Å². The molecule has 0 aromatic carbocycles. The number of carbonyl (C=O) groups excluding carboxylic acids is 1. The molecule has 1 fully saturated rings. The van der Waals surface area contributed by atoms with Crippen molar-refractivity contribution in [3.8, 4) is 0 Å². The van der Waals surface area contributed by atoms with Crippen LogP contribution in [0.3, 0.4) is 0 Å². The van der Waals surface area contributed by atoms with Crippen LogP contribution in [0.1, 0.15) is 55.7 Å². The number of hydrogen-bond donors (Lipinski definition) is 1. The molecule has 1 N–H and O–H groups in total. The van der Waals surface area contributed by atoms with Crippen LogP contribution in [0.25, 0.3) is 0 Å². The number of fused-ring (bicyclic) bond motifs is 1. The summed E-state index contributed by atoms with van der Waals surface area (Å²) >= 11 is 1.87. The molecule has 0 bridgehead atoms. The first kappa shape index (κ1) is 15.8. The van der Waals surface area contributed by atoms with Crippen LogP contribution in [0.4, 0.5) is 4.79 Å². The number of thiophene rings is 1. The Hall–Kier alpha value is -1.07. The molecule has 1 aliphatic heterocycles. The van der Waals surface area contributed by atoms with Crippen molar-refractivity contribution in [1.29, 1.82) is 0 Å². The van der Waals surface area contributed by atoms with Gasteiger partial charge in [0.1, 0.15) is 5.60 Å². The quantitative estimate of drug-likeness (QED) is 0.860. The summed E-state index contributed by atoms with van der Waals surface area (Å²) in [6.07, 6.45) is 4.74. The van der Waals surface area contributed by atoms with Crippen molar-refractivity contribution in [1.82, 2.24) is 10.2 Å². The second-order valence-corrected chi connectivity index (χ2v) is 8.16. The van der Waals surface area contributed by atoms with Crippen LogP contribution in [0.5, 0.6) is 0 Å². The Labute approximate surface area is 136 Å². The van der Waals surface area contributed by atoms with Gasteiger partial charge in [-0.2, -0.15) is 0 Å². The van der Waals surface area contributed by atoms with E-state index in [0.717, 1.165) is 19.5 Å². The zero-order chi connectivity index (χ0) is 15.7. The molecule has 2 aliphatic rings. The van der Waals surface area contributed by atoms with E-state index in [1.807, 2.05) is 37.0 Å². The maximum Gasteiger partial charge on any atom is 0.410 e. The summed E-state index contributed by atoms with van der Waals surface area (Å²) in [5.41, 5.74) is 2.40. The van der Waals surface area contributed by atoms with E-state index >= 15 is 0 Å². The molecule has 122 valence electrons. The van der Waals surface area contributed by atoms with Crippen molar-refractivity contribution >= 4 is 17.4 Å². The van der Waals surface area contributed by atoms with E-state index < -0.39 is 5.60 Å². The standard InChI is InChI=1S/C17H26N2O2S/c1-17(2,3)21-16(20)19-9-8-18-10-14(19)13-11-22-15-7-5-4-6-12(13)15/h11,14,18H,4-10H2,1-3H3. The predicted molar refractivity (Wildman–Crippen MR) is 89.5 cm³/mol. The molecule has 1 aromatic heterocycles. The number of carbonyl (C=O) groups is 1. The van der Waals surface area contributed by atoms with Crippen LogP contribution in [0, 0.1) is 0 Å². The number of piperazine rings is 1. The summed E-state index contributed by atoms with van der Waals surface area (Å²) in [4.78, 5) is 16.0. The van der Waals surface area contributed by atoms with Gasteiger partial charge in [0.05, 0.1) is 6.04 Å². The third-order valence-electron chi connectivity index (χ3n) is 4.32. The third kappa shape index (κ3) is 3.30. The molecule has 4 nitrogen and oxygen atoms in total. The highest BCUT2D eigenvalue weighted by molar-refractivity contribution is 7.10. The smallest absolute Gasteiger partial charge is 0.410 e. The number of hydrogen-bond acceptors (Lipinski definition) is 4. The van der Waals surface area contributed by atoms with Gasteiger partial charge < -0.3 is 10.1 Å². The van der Waals surface area contributed by atoms with Crippen LogP contribution in [-0.4, -0.2) is 36.2 Å². The normalized spacial score (nSPS) is 22.3. The van der Waals surface area contributed by atoms with Gasteiger partial charge in [-0.05, 0) is 63.0 Å². The third-order valence-corrected chi connectivity index (χ3v) is 5.43. The average Bonchev–Trinajstić information content (AvgIpc) is 2.89. The first-order valence-electron chi connectivity index (χ1n) is 8.25. The Bertz CT molecular complexity index is 547. The molecule has 0 radical (unpaired) electrons. The van der Waals surface area contributed by atoms with Gasteiger partial charge in [-0.25, -0.2) is 4.79 Å². The molecule has 1 aliphatic carbocycles. The summed E-state index contributed by atoms with van der Waals surface area (Å²) in [5, 5.41) is 5.70. The Morgan fingerprint density at radius 3 is 2.91 bits per heavy atom. The topological polar surface area (TPSA) is 41.6 Å². The summed E-state index contributed by atoms with van der Waals surface area (Å²) < 4.78 is 5.61. The summed E-state index contributed by atoms with van der Waals surface area (Å²) in [5.74, 6) is 0. The fraction of sp³-hybridized carbons (Fsp3) is 0.706. The Morgan fingerprint density at radius 2 is 2.14 bits per heavy atom. The Morgan fingerprint density at radius 1 is 1.36 bits per heavy atom. The maximum atomic E-state index is 12.6. The SMILES string of the molecule is CC(C)(C)OC(=O)N1CCNCC1c1csc2c1CCCC2. The molecule has 1 unspecified atom stereocenters. The van der Waals surface area contributed by atoms with E-state index in [1.54, 1.807) is 0 Å². The largest absolute Gasteiger partial charge is 0.444 e. The lowest BCUT2D eigenvalue weighted by Crippen LogP contribution is -2.50. The summed E-state index contributed by atoms with van der Waals surface area (Å²) in [6, 6.07) is 0.113. The molecule has 3 rings (SSSR count). The zero-order valence-electron chi connectivity index (χ0n) is 13.8. The highest BCUT2D eigenvalue weighted by Gasteiger charge is 2.33. The molecule has 2 heterocycles. The van der Waals surface area contributed by atoms with Crippen molar-refractivity contribution in [2.45, 2.75) is 58.1 Å². The minimum Gasteiger partial charge on any atom is -0.444 e. The van der Waals surface area contributed by atoms with Crippen molar-refractivity contribution in [2.75, 3.05) is 19.6 Å². The monoisotopic (exact) mass is 322 g/mol. The molecule has 1 atom stereocenters. The van der Waals surface area contributed by atoms with Gasteiger partial charge in [0.25, 0.3) is 0 Å². The van der Waals surface area contributed by atoms with Crippen LogP contribution >= 0.6 is 11.3 Å². The lowest BCUT2D eigenvalue weighted by molar-refractivity contribution is 0.0117. The fourth-order valence-electron chi connectivity index (χ4n) is 3.32. The maximum absolute atomic E-state index is 12.6. The van der Waals surface area contributed by atoms with Gasteiger partial charge in [0.15, 0.2) is 0 Å². The van der Waals surface area contributed by atoms with Crippen LogP contribution in [0.2, 0.25) is 0 Å². The first-order chi connectivity index (χ1) is 10.5. The van der Waals surface area contributed by atoms with Crippen LogP contribution < -0.4 is 5.32 Å². The van der Waals surface area contributed by atoms with Crippen LogP contribution in [0.15, 0.2) is 5.38 Å². The van der Waals surface area contributed by atoms with Gasteiger partial charge in [-0.3, -0.25) is 4.90 Å². The predicted octanol–water partition coefficient (Wildman–Crippen LogP) is 3.51. The first-order valence-corrected chi connectivity index (χ1v) is 9.13. The number of nitrogens with one attached hydrogen (secondary N) is 1. The molecular weight excluding hydrogens is 296 g/mol. The van der Waals surface area contributed by atoms with Crippen molar-refractivity contribution in [2.24, 2.45) is 0 Å². The number of nitrogens with zero attached hydrogens (tertiary/aromatic N) is 1. The van der Waals surface area contributed by atoms with Gasteiger partial charge in [-0.1, -0.05) is 0 Å². The lowest BCUT2D eigenvalue weighted by atomic mass is 9.92. The number of rotatable bonds is 1. The second-order valence-electron chi connectivity index (χ2n) is 7.19. The van der Waals surface area contributed by atoms with Gasteiger partial charge in [0.2, 0.25) is 0 Å². The molecule has 5 heteroatoms. The Balaban J connectivity index is 1.84. The zero-order valence-corrected chi connectivity index (χ0v) is 14.6. The average molecular weight is 322 g/mol. The highest BCUT2D eigenvalue weighted by Crippen LogP contribution is 2.36. The summed E-state index contributed by atoms with van der Waals surface area (Å²) in [7, 11) is 0. The highest BCUT2D eigenvalue weighted by atomic mass is 32.1. The van der Waals surface area contributed by atoms with E-state index in [2.05, 4.69) is 10.7 Å². The van der Waals surface area contributed by atoms with Crippen molar-refractivity contribution < 1.29 is 9.53 Å². The van der Waals surface area contributed by atoms with E-state index in [-0.39, 0.29) is 12.1 Å². The van der Waals surface area contributed by atoms with Gasteiger partial charge in [-0.15, -0.1) is 11.3 Å². The number of amides is 1. The summed E-state index contributed by atoms with van der Waals surface area (Å²) in [6.45, 7) is 8.15. The lowest BCUT2D eigenvalue weighted by Gasteiger charge is -2.37. The molecule has 0 saturated carbocycles. The van der Waals surface area contributed by atoms with Crippen LogP contribution in [-0.2, 0) is 17.6 Å². The number of aryl methyl sites for hydroxylation is 1. The number of ether oxygens (including phenoxy) is 1. The molecule has 0 spiro atoms. The fourth-order valence-corrected chi connectivity index (χ4v) is 4.51. The minimum atomic E-state index is -0.444. The molecule has 1 saturated heterocycles. The van der Waals surface area contributed by atoms with Crippen molar-refractivity contribution in [3.63, 3.8) is 0 Å².